The Labute approximate surface area is 166 Å². The fourth-order valence-corrected chi connectivity index (χ4v) is 5.00. The van der Waals surface area contributed by atoms with Crippen LogP contribution in [0.25, 0.3) is 0 Å². The van der Waals surface area contributed by atoms with Gasteiger partial charge in [-0.05, 0) is 73.1 Å². The van der Waals surface area contributed by atoms with Crippen LogP contribution in [0.15, 0.2) is 89.3 Å². The fourth-order valence-electron chi connectivity index (χ4n) is 5.00. The van der Waals surface area contributed by atoms with Gasteiger partial charge in [0, 0.05) is 17.7 Å². The normalized spacial score (nSPS) is 23.1. The number of rotatable bonds is 4. The van der Waals surface area contributed by atoms with Crippen LogP contribution in [0, 0.1) is 17.7 Å². The predicted octanol–water partition coefficient (Wildman–Crippen LogP) is 5.91. The number of hydrogen-bond donors (Lipinski definition) is 1. The van der Waals surface area contributed by atoms with Crippen molar-refractivity contribution in [2.75, 3.05) is 5.01 Å². The third-order valence-corrected chi connectivity index (χ3v) is 6.41. The molecule has 0 radical (unpaired) electrons. The van der Waals surface area contributed by atoms with Crippen LogP contribution in [0.4, 0.5) is 10.1 Å². The summed E-state index contributed by atoms with van der Waals surface area (Å²) in [7, 11) is 0. The molecule has 0 aromatic heterocycles. The fraction of sp³-hybridized carbons (Fsp3) is 0.280. The first-order valence-electron chi connectivity index (χ1n) is 10.2. The summed E-state index contributed by atoms with van der Waals surface area (Å²) in [5.41, 5.74) is 11.5. The van der Waals surface area contributed by atoms with E-state index in [9.17, 15) is 4.39 Å². The van der Waals surface area contributed by atoms with E-state index in [1.807, 2.05) is 12.1 Å². The lowest BCUT2D eigenvalue weighted by molar-refractivity contribution is 0.517. The average molecular weight is 372 g/mol. The van der Waals surface area contributed by atoms with Gasteiger partial charge in [-0.1, -0.05) is 42.8 Å². The van der Waals surface area contributed by atoms with Crippen LogP contribution in [-0.2, 0) is 6.42 Å². The quantitative estimate of drug-likeness (QED) is 0.718. The van der Waals surface area contributed by atoms with E-state index in [0.29, 0.717) is 11.8 Å². The maximum absolute atomic E-state index is 13.3. The molecule has 3 aliphatic rings. The van der Waals surface area contributed by atoms with Gasteiger partial charge >= 0.3 is 0 Å². The van der Waals surface area contributed by atoms with Crippen molar-refractivity contribution >= 4 is 5.69 Å². The molecule has 0 unspecified atom stereocenters. The Morgan fingerprint density at radius 1 is 1.07 bits per heavy atom. The van der Waals surface area contributed by atoms with Crippen molar-refractivity contribution in [3.05, 3.63) is 101 Å². The number of nitrogens with zero attached hydrogens (tertiary/aromatic N) is 1. The molecule has 0 saturated heterocycles. The number of nitrogens with one attached hydrogen (secondary N) is 1. The lowest BCUT2D eigenvalue weighted by Crippen LogP contribution is -2.29. The summed E-state index contributed by atoms with van der Waals surface area (Å²) in [6.07, 6.45) is 9.25. The van der Waals surface area contributed by atoms with Gasteiger partial charge in [-0.25, -0.2) is 4.39 Å². The molecule has 1 aliphatic heterocycles. The molecule has 2 aliphatic carbocycles. The van der Waals surface area contributed by atoms with E-state index in [4.69, 9.17) is 0 Å². The molecule has 0 bridgehead atoms. The predicted molar refractivity (Wildman–Crippen MR) is 112 cm³/mol. The van der Waals surface area contributed by atoms with Crippen molar-refractivity contribution in [2.24, 2.45) is 11.8 Å². The molecular weight excluding hydrogens is 347 g/mol. The molecule has 3 heteroatoms. The van der Waals surface area contributed by atoms with Crippen molar-refractivity contribution in [1.82, 2.24) is 5.43 Å². The maximum atomic E-state index is 13.3. The van der Waals surface area contributed by atoms with Crippen LogP contribution in [0.2, 0.25) is 0 Å². The minimum Gasteiger partial charge on any atom is -0.301 e. The molecule has 5 rings (SSSR count). The molecule has 0 amide bonds. The number of benzene rings is 2. The number of anilines is 1. The third kappa shape index (κ3) is 2.95. The smallest absolute Gasteiger partial charge is 0.123 e. The van der Waals surface area contributed by atoms with Gasteiger partial charge in [-0.3, -0.25) is 5.01 Å². The standard InChI is InChI=1S/C25H25FN2/c1-17-23-16-27-28(22-13-11-21(26)12-14-22)24(23)15-20-10-9-19(25(17)20)8-7-18-5-3-2-4-6-18/h2-6,11-17,19,27H,7-10H2,1H3/t17-,19+/m0/s1. The highest BCUT2D eigenvalue weighted by Gasteiger charge is 2.37. The Balaban J connectivity index is 1.39. The molecule has 0 saturated carbocycles. The van der Waals surface area contributed by atoms with E-state index < -0.39 is 0 Å². The van der Waals surface area contributed by atoms with Gasteiger partial charge in [-0.15, -0.1) is 0 Å². The molecule has 1 heterocycles. The summed E-state index contributed by atoms with van der Waals surface area (Å²) in [6, 6.07) is 17.5. The highest BCUT2D eigenvalue weighted by molar-refractivity contribution is 5.64. The lowest BCUT2D eigenvalue weighted by Gasteiger charge is -2.30. The summed E-state index contributed by atoms with van der Waals surface area (Å²) in [5, 5.41) is 2.08. The number of allylic oxidation sites excluding steroid dienone is 4. The van der Waals surface area contributed by atoms with Gasteiger partial charge in [0.25, 0.3) is 0 Å². The Kier molecular flexibility index (Phi) is 4.31. The molecule has 2 aromatic carbocycles. The minimum absolute atomic E-state index is 0.204. The molecule has 2 atom stereocenters. The first kappa shape index (κ1) is 17.3. The molecule has 1 N–H and O–H groups in total. The van der Waals surface area contributed by atoms with Crippen LogP contribution >= 0.6 is 0 Å². The van der Waals surface area contributed by atoms with Crippen LogP contribution in [-0.4, -0.2) is 0 Å². The van der Waals surface area contributed by atoms with Crippen LogP contribution in [0.5, 0.6) is 0 Å². The molecular formula is C25H25FN2. The van der Waals surface area contributed by atoms with E-state index in [1.165, 1.54) is 47.4 Å². The Hall–Kier alpha value is -2.81. The number of fused-ring (bicyclic) bond motifs is 1. The van der Waals surface area contributed by atoms with Gasteiger partial charge in [0.1, 0.15) is 5.82 Å². The van der Waals surface area contributed by atoms with E-state index in [-0.39, 0.29) is 5.82 Å². The highest BCUT2D eigenvalue weighted by atomic mass is 19.1. The molecule has 2 aromatic rings. The second-order valence-electron chi connectivity index (χ2n) is 8.03. The number of hydrogen-bond acceptors (Lipinski definition) is 2. The summed E-state index contributed by atoms with van der Waals surface area (Å²) < 4.78 is 13.3. The van der Waals surface area contributed by atoms with Crippen molar-refractivity contribution < 1.29 is 4.39 Å². The summed E-state index contributed by atoms with van der Waals surface area (Å²) >= 11 is 0. The van der Waals surface area contributed by atoms with Crippen molar-refractivity contribution in [2.45, 2.75) is 32.6 Å². The van der Waals surface area contributed by atoms with E-state index in [1.54, 1.807) is 5.57 Å². The minimum atomic E-state index is -0.204. The molecule has 142 valence electrons. The summed E-state index contributed by atoms with van der Waals surface area (Å²) in [6.45, 7) is 2.34. The zero-order valence-electron chi connectivity index (χ0n) is 16.2. The highest BCUT2D eigenvalue weighted by Crippen LogP contribution is 2.48. The lowest BCUT2D eigenvalue weighted by atomic mass is 9.79. The van der Waals surface area contributed by atoms with Crippen LogP contribution < -0.4 is 10.4 Å². The largest absolute Gasteiger partial charge is 0.301 e. The van der Waals surface area contributed by atoms with E-state index in [2.05, 4.69) is 60.0 Å². The number of hydrazine groups is 1. The zero-order valence-corrected chi connectivity index (χ0v) is 16.2. The first-order valence-corrected chi connectivity index (χ1v) is 10.2. The second-order valence-corrected chi connectivity index (χ2v) is 8.03. The second kappa shape index (κ2) is 6.97. The molecule has 0 spiro atoms. The van der Waals surface area contributed by atoms with Crippen molar-refractivity contribution in [3.63, 3.8) is 0 Å². The monoisotopic (exact) mass is 372 g/mol. The average Bonchev–Trinajstić information content (AvgIpc) is 3.33. The first-order chi connectivity index (χ1) is 13.7. The SMILES string of the molecule is C[C@H]1C2=CNN(c3ccc(F)cc3)C2=CC2=C1[C@H](CCc1ccccc1)CC2. The van der Waals surface area contributed by atoms with Gasteiger partial charge in [-0.2, -0.15) is 0 Å². The van der Waals surface area contributed by atoms with Gasteiger partial charge in [0.15, 0.2) is 0 Å². The summed E-state index contributed by atoms with van der Waals surface area (Å²) in [5.74, 6) is 0.893. The number of aryl methyl sites for hydroxylation is 1. The Morgan fingerprint density at radius 2 is 1.86 bits per heavy atom. The van der Waals surface area contributed by atoms with Crippen molar-refractivity contribution in [3.8, 4) is 0 Å². The third-order valence-electron chi connectivity index (χ3n) is 6.41. The molecule has 2 nitrogen and oxygen atoms in total. The van der Waals surface area contributed by atoms with Crippen LogP contribution in [0.3, 0.4) is 0 Å². The Morgan fingerprint density at radius 3 is 2.64 bits per heavy atom. The van der Waals surface area contributed by atoms with Gasteiger partial charge < -0.3 is 5.43 Å². The van der Waals surface area contributed by atoms with Gasteiger partial charge in [0.2, 0.25) is 0 Å². The maximum Gasteiger partial charge on any atom is 0.123 e. The Bertz CT molecular complexity index is 969. The molecule has 0 fully saturated rings. The zero-order chi connectivity index (χ0) is 19.1. The molecule has 28 heavy (non-hydrogen) atoms. The van der Waals surface area contributed by atoms with E-state index >= 15 is 0 Å². The van der Waals surface area contributed by atoms with Gasteiger partial charge in [0.05, 0.1) is 11.4 Å². The van der Waals surface area contributed by atoms with Crippen LogP contribution in [0.1, 0.15) is 31.7 Å². The summed E-state index contributed by atoms with van der Waals surface area (Å²) in [4.78, 5) is 0. The topological polar surface area (TPSA) is 15.3 Å². The van der Waals surface area contributed by atoms with E-state index in [0.717, 1.165) is 18.5 Å². The van der Waals surface area contributed by atoms with Crippen molar-refractivity contribution in [1.29, 1.82) is 0 Å². The number of halogens is 1.